The van der Waals surface area contributed by atoms with Crippen LogP contribution in [0.15, 0.2) is 24.5 Å². The molecule has 7 heavy (non-hydrogen) atoms. The van der Waals surface area contributed by atoms with E-state index in [1.54, 1.807) is 6.08 Å². The predicted molar refractivity (Wildman–Crippen MR) is 28.8 cm³/mol. The molecular weight excluding hydrogens is 88.1 g/mol. The standard InChI is InChI=1S/C6H8O/c1-2-4-6-7-5-3-1/h1-3,5H,4,6H2/i5D. The van der Waals surface area contributed by atoms with Crippen molar-refractivity contribution in [1.82, 2.24) is 0 Å². The van der Waals surface area contributed by atoms with Crippen molar-refractivity contribution in [2.75, 3.05) is 6.61 Å². The fourth-order valence-electron chi connectivity index (χ4n) is 0.438. The minimum absolute atomic E-state index is 0.263. The summed E-state index contributed by atoms with van der Waals surface area (Å²) in [7, 11) is 0. The molecule has 0 saturated heterocycles. The molecule has 1 nitrogen and oxygen atoms in total. The summed E-state index contributed by atoms with van der Waals surface area (Å²) in [6, 6.07) is 0. The number of hydrogen-bond acceptors (Lipinski definition) is 1. The Morgan fingerprint density at radius 3 is 3.57 bits per heavy atom. The Morgan fingerprint density at radius 2 is 2.57 bits per heavy atom. The highest BCUT2D eigenvalue weighted by Crippen LogP contribution is 1.91. The largest absolute Gasteiger partial charge is 0.501 e. The lowest BCUT2D eigenvalue weighted by molar-refractivity contribution is 0.258. The Bertz CT molecular complexity index is 126. The average molecular weight is 97.1 g/mol. The molecule has 0 aromatic rings. The molecular formula is C6H8O. The summed E-state index contributed by atoms with van der Waals surface area (Å²) in [5.41, 5.74) is 0. The first-order valence-electron chi connectivity index (χ1n) is 2.86. The van der Waals surface area contributed by atoms with Crippen LogP contribution in [0.3, 0.4) is 0 Å². The van der Waals surface area contributed by atoms with Crippen LogP contribution < -0.4 is 0 Å². The molecule has 0 radical (unpaired) electrons. The summed E-state index contributed by atoms with van der Waals surface area (Å²) in [6.07, 6.45) is 6.65. The van der Waals surface area contributed by atoms with E-state index in [4.69, 9.17) is 6.11 Å². The molecule has 1 aliphatic rings. The van der Waals surface area contributed by atoms with Gasteiger partial charge in [0.05, 0.1) is 12.8 Å². The van der Waals surface area contributed by atoms with E-state index >= 15 is 0 Å². The third kappa shape index (κ3) is 1.44. The van der Waals surface area contributed by atoms with E-state index in [0.717, 1.165) is 6.42 Å². The predicted octanol–water partition coefficient (Wildman–Crippen LogP) is 1.48. The lowest BCUT2D eigenvalue weighted by Crippen LogP contribution is -1.79. The van der Waals surface area contributed by atoms with Crippen LogP contribution in [0.4, 0.5) is 0 Å². The number of rotatable bonds is 0. The topological polar surface area (TPSA) is 9.23 Å². The molecule has 1 aliphatic heterocycles. The van der Waals surface area contributed by atoms with Crippen molar-refractivity contribution >= 4 is 0 Å². The van der Waals surface area contributed by atoms with Crippen LogP contribution in [0.5, 0.6) is 0 Å². The molecule has 0 aromatic heterocycles. The smallest absolute Gasteiger partial charge is 0.104 e. The van der Waals surface area contributed by atoms with E-state index in [9.17, 15) is 0 Å². The molecule has 0 aromatic carbocycles. The molecule has 0 unspecified atom stereocenters. The maximum absolute atomic E-state index is 7.00. The Morgan fingerprint density at radius 1 is 1.57 bits per heavy atom. The Kier molecular flexibility index (Phi) is 1.16. The van der Waals surface area contributed by atoms with Gasteiger partial charge in [-0.2, -0.15) is 0 Å². The van der Waals surface area contributed by atoms with Gasteiger partial charge in [0.2, 0.25) is 0 Å². The molecule has 0 aliphatic carbocycles. The van der Waals surface area contributed by atoms with Gasteiger partial charge in [-0.1, -0.05) is 12.2 Å². The van der Waals surface area contributed by atoms with Crippen LogP contribution in [0, 0.1) is 0 Å². The summed E-state index contributed by atoms with van der Waals surface area (Å²) in [4.78, 5) is 0. The van der Waals surface area contributed by atoms with Crippen LogP contribution >= 0.6 is 0 Å². The Labute approximate surface area is 44.7 Å². The van der Waals surface area contributed by atoms with Crippen molar-refractivity contribution in [1.29, 1.82) is 0 Å². The van der Waals surface area contributed by atoms with Gasteiger partial charge in [-0.3, -0.25) is 0 Å². The maximum atomic E-state index is 7.00. The Balaban J connectivity index is 2.52. The molecule has 0 amide bonds. The number of hydrogen-bond donors (Lipinski definition) is 0. The van der Waals surface area contributed by atoms with Crippen molar-refractivity contribution in [2.24, 2.45) is 0 Å². The quantitative estimate of drug-likeness (QED) is 0.445. The lowest BCUT2D eigenvalue weighted by atomic mass is 10.4. The van der Waals surface area contributed by atoms with Crippen molar-refractivity contribution in [3.8, 4) is 0 Å². The van der Waals surface area contributed by atoms with Gasteiger partial charge in [0.1, 0.15) is 1.37 Å². The van der Waals surface area contributed by atoms with Gasteiger partial charge in [-0.25, -0.2) is 0 Å². The maximum Gasteiger partial charge on any atom is 0.104 e. The first kappa shape index (κ1) is 3.30. The molecule has 1 rings (SSSR count). The highest BCUT2D eigenvalue weighted by atomic mass is 16.5. The molecule has 0 N–H and O–H groups in total. The summed E-state index contributed by atoms with van der Waals surface area (Å²) in [5.74, 6) is 0. The van der Waals surface area contributed by atoms with Crippen molar-refractivity contribution in [3.63, 3.8) is 0 Å². The average Bonchev–Trinajstić information content (AvgIpc) is 1.94. The van der Waals surface area contributed by atoms with Gasteiger partial charge in [-0.05, 0) is 12.5 Å². The summed E-state index contributed by atoms with van der Waals surface area (Å²) >= 11 is 0. The minimum atomic E-state index is 0.263. The van der Waals surface area contributed by atoms with Gasteiger partial charge >= 0.3 is 0 Å². The van der Waals surface area contributed by atoms with Gasteiger partial charge < -0.3 is 4.74 Å². The number of ether oxygens (including phenoxy) is 1. The molecule has 1 heterocycles. The van der Waals surface area contributed by atoms with Crippen LogP contribution in [0.2, 0.25) is 0 Å². The van der Waals surface area contributed by atoms with Crippen molar-refractivity contribution < 1.29 is 6.11 Å². The molecule has 1 heteroatoms. The zero-order valence-electron chi connectivity index (χ0n) is 5.05. The van der Waals surface area contributed by atoms with Gasteiger partial charge in [-0.15, -0.1) is 0 Å². The van der Waals surface area contributed by atoms with E-state index in [1.807, 2.05) is 12.2 Å². The second-order valence-corrected chi connectivity index (χ2v) is 1.35. The summed E-state index contributed by atoms with van der Waals surface area (Å²) < 4.78 is 11.9. The lowest BCUT2D eigenvalue weighted by Gasteiger charge is -1.89. The van der Waals surface area contributed by atoms with Crippen molar-refractivity contribution in [3.05, 3.63) is 24.5 Å². The van der Waals surface area contributed by atoms with Crippen LogP contribution in [-0.2, 0) is 4.74 Å². The third-order valence-corrected chi connectivity index (χ3v) is 0.770. The SMILES string of the molecule is [2H]C1=CC=CCCO1. The minimum Gasteiger partial charge on any atom is -0.501 e. The third-order valence-electron chi connectivity index (χ3n) is 0.770. The molecule has 0 fully saturated rings. The van der Waals surface area contributed by atoms with Crippen molar-refractivity contribution in [2.45, 2.75) is 6.42 Å². The van der Waals surface area contributed by atoms with E-state index in [2.05, 4.69) is 0 Å². The fraction of sp³-hybridized carbons (Fsp3) is 0.333. The highest BCUT2D eigenvalue weighted by molar-refractivity contribution is 5.01. The van der Waals surface area contributed by atoms with E-state index < -0.39 is 0 Å². The van der Waals surface area contributed by atoms with Crippen LogP contribution in [-0.4, -0.2) is 6.61 Å². The Hall–Kier alpha value is -0.720. The normalized spacial score (nSPS) is 21.7. The molecule has 0 saturated carbocycles. The second kappa shape index (κ2) is 2.45. The van der Waals surface area contributed by atoms with E-state index in [-0.39, 0.29) is 6.24 Å². The first-order chi connectivity index (χ1) is 3.89. The summed E-state index contributed by atoms with van der Waals surface area (Å²) in [5, 5.41) is 0. The molecule has 0 bridgehead atoms. The highest BCUT2D eigenvalue weighted by Gasteiger charge is 1.80. The first-order valence-corrected chi connectivity index (χ1v) is 2.36. The molecule has 0 spiro atoms. The molecule has 38 valence electrons. The number of allylic oxidation sites excluding steroid dienone is 2. The zero-order valence-corrected chi connectivity index (χ0v) is 4.05. The zero-order chi connectivity index (χ0) is 5.82. The fourth-order valence-corrected chi connectivity index (χ4v) is 0.438. The van der Waals surface area contributed by atoms with Gasteiger partial charge in [0.25, 0.3) is 0 Å². The second-order valence-electron chi connectivity index (χ2n) is 1.35. The van der Waals surface area contributed by atoms with Crippen LogP contribution in [0.25, 0.3) is 0 Å². The summed E-state index contributed by atoms with van der Waals surface area (Å²) in [6.45, 7) is 0.645. The van der Waals surface area contributed by atoms with E-state index in [0.29, 0.717) is 6.61 Å². The van der Waals surface area contributed by atoms with Crippen LogP contribution in [0.1, 0.15) is 7.79 Å². The van der Waals surface area contributed by atoms with E-state index in [1.165, 1.54) is 0 Å². The molecule has 0 atom stereocenters. The van der Waals surface area contributed by atoms with Gasteiger partial charge in [0, 0.05) is 0 Å². The van der Waals surface area contributed by atoms with Gasteiger partial charge in [0.15, 0.2) is 0 Å². The monoisotopic (exact) mass is 97.1 g/mol.